The SMILES string of the molecule is C=C/C=C(\C=C/C)c1ccccc1.CC.Cc1cc(-c2ccc3c(c2)[nH]c2ccccc23)cc2c3ccccc3n(-c3ccc4ccccc4c3)c12. The smallest absolute Gasteiger partial charge is 0.0570 e. The zero-order valence-electron chi connectivity index (χ0n) is 30.4. The van der Waals surface area contributed by atoms with Gasteiger partial charge in [-0.15, -0.1) is 0 Å². The molecule has 0 aliphatic rings. The molecule has 0 atom stereocenters. The van der Waals surface area contributed by atoms with Crippen LogP contribution in [0.4, 0.5) is 0 Å². The van der Waals surface area contributed by atoms with Gasteiger partial charge in [0.2, 0.25) is 0 Å². The molecule has 0 amide bonds. The maximum absolute atomic E-state index is 3.70. The van der Waals surface area contributed by atoms with Crippen LogP contribution in [0.15, 0.2) is 183 Å². The summed E-state index contributed by atoms with van der Waals surface area (Å²) in [4.78, 5) is 3.61. The van der Waals surface area contributed by atoms with Crippen LogP contribution >= 0.6 is 0 Å². The average Bonchev–Trinajstić information content (AvgIpc) is 3.75. The number of nitrogens with one attached hydrogen (secondary N) is 1. The molecule has 254 valence electrons. The Bertz CT molecular complexity index is 2730. The molecular weight excluding hydrogens is 629 g/mol. The number of rotatable bonds is 5. The van der Waals surface area contributed by atoms with Gasteiger partial charge in [0.15, 0.2) is 0 Å². The molecule has 2 aromatic heterocycles. The average molecular weight is 673 g/mol. The maximum Gasteiger partial charge on any atom is 0.0570 e. The number of H-pyrrole nitrogens is 1. The van der Waals surface area contributed by atoms with Crippen molar-refractivity contribution in [2.75, 3.05) is 0 Å². The van der Waals surface area contributed by atoms with Crippen molar-refractivity contribution < 1.29 is 0 Å². The first kappa shape index (κ1) is 34.1. The van der Waals surface area contributed by atoms with Crippen LogP contribution in [-0.2, 0) is 0 Å². The van der Waals surface area contributed by atoms with E-state index in [0.717, 1.165) is 0 Å². The van der Waals surface area contributed by atoms with Gasteiger partial charge in [-0.3, -0.25) is 0 Å². The minimum atomic E-state index is 1.18. The van der Waals surface area contributed by atoms with Gasteiger partial charge < -0.3 is 9.55 Å². The number of aryl methyl sites for hydroxylation is 1. The van der Waals surface area contributed by atoms with E-state index in [1.54, 1.807) is 0 Å². The highest BCUT2D eigenvalue weighted by Crippen LogP contribution is 2.38. The zero-order chi connectivity index (χ0) is 36.0. The Morgan fingerprint density at radius 3 is 2.08 bits per heavy atom. The number of aromatic amines is 1. The molecule has 9 aromatic rings. The number of nitrogens with zero attached hydrogens (tertiary/aromatic N) is 1. The molecule has 2 heterocycles. The van der Waals surface area contributed by atoms with Crippen LogP contribution in [0.5, 0.6) is 0 Å². The van der Waals surface area contributed by atoms with Crippen LogP contribution in [0, 0.1) is 6.92 Å². The van der Waals surface area contributed by atoms with Gasteiger partial charge in [-0.25, -0.2) is 0 Å². The molecule has 1 N–H and O–H groups in total. The number of fused-ring (bicyclic) bond motifs is 7. The molecule has 0 fully saturated rings. The predicted octanol–water partition coefficient (Wildman–Crippen LogP) is 14.4. The normalized spacial score (nSPS) is 11.6. The topological polar surface area (TPSA) is 20.7 Å². The molecule has 2 nitrogen and oxygen atoms in total. The summed E-state index contributed by atoms with van der Waals surface area (Å²) in [5.41, 5.74) is 12.2. The van der Waals surface area contributed by atoms with Crippen molar-refractivity contribution in [2.24, 2.45) is 0 Å². The first-order chi connectivity index (χ1) is 25.6. The lowest BCUT2D eigenvalue weighted by molar-refractivity contribution is 1.17. The van der Waals surface area contributed by atoms with Crippen LogP contribution in [-0.4, -0.2) is 9.55 Å². The van der Waals surface area contributed by atoms with E-state index in [1.807, 2.05) is 57.2 Å². The van der Waals surface area contributed by atoms with Gasteiger partial charge in [-0.1, -0.05) is 154 Å². The van der Waals surface area contributed by atoms with Gasteiger partial charge in [0, 0.05) is 38.3 Å². The molecule has 0 saturated carbocycles. The fourth-order valence-electron chi connectivity index (χ4n) is 7.27. The third-order valence-corrected chi connectivity index (χ3v) is 9.54. The van der Waals surface area contributed by atoms with Crippen LogP contribution in [0.2, 0.25) is 0 Å². The monoisotopic (exact) mass is 672 g/mol. The summed E-state index contributed by atoms with van der Waals surface area (Å²) in [5, 5.41) is 7.63. The quantitative estimate of drug-likeness (QED) is 0.176. The van der Waals surface area contributed by atoms with Crippen LogP contribution in [0.1, 0.15) is 31.9 Å². The summed E-state index contributed by atoms with van der Waals surface area (Å²) in [5.74, 6) is 0. The van der Waals surface area contributed by atoms with Gasteiger partial charge in [-0.05, 0) is 94.9 Å². The zero-order valence-corrected chi connectivity index (χ0v) is 30.4. The van der Waals surface area contributed by atoms with Crippen molar-refractivity contribution in [1.29, 1.82) is 0 Å². The largest absolute Gasteiger partial charge is 0.354 e. The summed E-state index contributed by atoms with van der Waals surface area (Å²) in [6.07, 6.45) is 7.93. The van der Waals surface area contributed by atoms with Gasteiger partial charge in [0.1, 0.15) is 0 Å². The Labute approximate surface area is 306 Å². The molecule has 0 bridgehead atoms. The van der Waals surface area contributed by atoms with Gasteiger partial charge in [0.05, 0.1) is 11.0 Å². The van der Waals surface area contributed by atoms with E-state index < -0.39 is 0 Å². The van der Waals surface area contributed by atoms with Gasteiger partial charge >= 0.3 is 0 Å². The molecular formula is C50H44N2. The lowest BCUT2D eigenvalue weighted by Gasteiger charge is -2.12. The molecule has 2 heteroatoms. The minimum Gasteiger partial charge on any atom is -0.354 e. The lowest BCUT2D eigenvalue weighted by atomic mass is 9.98. The second kappa shape index (κ2) is 15.2. The Morgan fingerprint density at radius 2 is 1.29 bits per heavy atom. The molecule has 0 radical (unpaired) electrons. The first-order valence-corrected chi connectivity index (χ1v) is 18.2. The number of aromatic nitrogens is 2. The van der Waals surface area contributed by atoms with Gasteiger partial charge in [-0.2, -0.15) is 0 Å². The third-order valence-electron chi connectivity index (χ3n) is 9.54. The van der Waals surface area contributed by atoms with E-state index in [2.05, 4.69) is 163 Å². The van der Waals surface area contributed by atoms with Crippen molar-refractivity contribution >= 4 is 60.0 Å². The Kier molecular flexibility index (Phi) is 9.99. The number of benzene rings is 7. The maximum atomic E-state index is 3.70. The first-order valence-electron chi connectivity index (χ1n) is 18.2. The van der Waals surface area contributed by atoms with E-state index in [4.69, 9.17) is 0 Å². The summed E-state index contributed by atoms with van der Waals surface area (Å²) < 4.78 is 2.43. The van der Waals surface area contributed by atoms with Crippen LogP contribution < -0.4 is 0 Å². The molecule has 52 heavy (non-hydrogen) atoms. The molecule has 0 spiro atoms. The minimum absolute atomic E-state index is 1.18. The van der Waals surface area contributed by atoms with E-state index in [1.165, 1.54) is 87.9 Å². The number of hydrogen-bond donors (Lipinski definition) is 1. The Balaban J connectivity index is 0.000000238. The van der Waals surface area contributed by atoms with E-state index in [0.29, 0.717) is 0 Å². The Hall–Kier alpha value is -6.38. The standard InChI is InChI=1S/C35H24N2.C13H14.C2H6/c1-22-18-26(25-15-17-29-28-10-4-6-12-32(28)36-33(29)21-25)20-31-30-11-5-7-13-34(30)37(35(22)31)27-16-14-23-8-2-3-9-24(23)19-27;1-3-8-12(9-4-2)13-10-6-5-7-11-13;1-2/h2-21,36H,1H3;3-11H,1H2,2H3;1-2H3/b;9-4-,12-8+;. The van der Waals surface area contributed by atoms with Gasteiger partial charge in [0.25, 0.3) is 0 Å². The second-order valence-corrected chi connectivity index (χ2v) is 12.7. The molecule has 0 saturated heterocycles. The number of allylic oxidation sites excluding steroid dienone is 5. The summed E-state index contributed by atoms with van der Waals surface area (Å²) in [7, 11) is 0. The van der Waals surface area contributed by atoms with E-state index in [9.17, 15) is 0 Å². The highest BCUT2D eigenvalue weighted by molar-refractivity contribution is 6.12. The van der Waals surface area contributed by atoms with E-state index >= 15 is 0 Å². The highest BCUT2D eigenvalue weighted by Gasteiger charge is 2.16. The van der Waals surface area contributed by atoms with E-state index in [-0.39, 0.29) is 0 Å². The Morgan fingerprint density at radius 1 is 0.596 bits per heavy atom. The highest BCUT2D eigenvalue weighted by atomic mass is 15.0. The molecule has 0 aliphatic heterocycles. The number of para-hydroxylation sites is 2. The number of hydrogen-bond acceptors (Lipinski definition) is 0. The summed E-state index contributed by atoms with van der Waals surface area (Å²) in [6, 6.07) is 54.4. The third kappa shape index (κ3) is 6.48. The molecule has 0 unspecified atom stereocenters. The van der Waals surface area contributed by atoms with Crippen molar-refractivity contribution in [3.8, 4) is 16.8 Å². The molecule has 9 rings (SSSR count). The molecule has 0 aliphatic carbocycles. The van der Waals surface area contributed by atoms with Crippen LogP contribution in [0.3, 0.4) is 0 Å². The summed E-state index contributed by atoms with van der Waals surface area (Å²) in [6.45, 7) is 12.0. The summed E-state index contributed by atoms with van der Waals surface area (Å²) >= 11 is 0. The predicted molar refractivity (Wildman–Crippen MR) is 229 cm³/mol. The van der Waals surface area contributed by atoms with Crippen molar-refractivity contribution in [1.82, 2.24) is 9.55 Å². The second-order valence-electron chi connectivity index (χ2n) is 12.7. The van der Waals surface area contributed by atoms with Crippen molar-refractivity contribution in [3.05, 3.63) is 194 Å². The fraction of sp³-hybridized carbons (Fsp3) is 0.0800. The van der Waals surface area contributed by atoms with Crippen LogP contribution in [0.25, 0.3) is 76.8 Å². The lowest BCUT2D eigenvalue weighted by Crippen LogP contribution is -1.95. The van der Waals surface area contributed by atoms with Crippen molar-refractivity contribution in [3.63, 3.8) is 0 Å². The fourth-order valence-corrected chi connectivity index (χ4v) is 7.27. The van der Waals surface area contributed by atoms with Crippen molar-refractivity contribution in [2.45, 2.75) is 27.7 Å². The molecule has 7 aromatic carbocycles.